The van der Waals surface area contributed by atoms with Crippen molar-refractivity contribution in [1.82, 2.24) is 9.80 Å². The Morgan fingerprint density at radius 2 is 1.90 bits per heavy atom. The molecule has 0 saturated carbocycles. The van der Waals surface area contributed by atoms with Gasteiger partial charge in [0.1, 0.15) is 0 Å². The monoisotopic (exact) mass is 275 g/mol. The van der Waals surface area contributed by atoms with Gasteiger partial charge in [-0.3, -0.25) is 0 Å². The Balaban J connectivity index is 1.91. The van der Waals surface area contributed by atoms with Gasteiger partial charge in [-0.2, -0.15) is 0 Å². The van der Waals surface area contributed by atoms with Crippen molar-refractivity contribution in [2.24, 2.45) is 17.6 Å². The van der Waals surface area contributed by atoms with Gasteiger partial charge >= 0.3 is 0 Å². The Bertz CT molecular complexity index is 404. The summed E-state index contributed by atoms with van der Waals surface area (Å²) in [6.07, 6.45) is 0. The normalized spacial score (nSPS) is 26.9. The van der Waals surface area contributed by atoms with Crippen molar-refractivity contribution >= 4 is 0 Å². The fourth-order valence-corrected chi connectivity index (χ4v) is 3.39. The van der Waals surface area contributed by atoms with Crippen molar-refractivity contribution in [3.05, 3.63) is 35.9 Å². The molecule has 3 heteroatoms. The topological polar surface area (TPSA) is 32.5 Å². The maximum Gasteiger partial charge on any atom is 0.0333 e. The lowest BCUT2D eigenvalue weighted by Crippen LogP contribution is -2.36. The number of nitrogens with two attached hydrogens (primary N) is 1. The standard InChI is InChI=1S/C17H29N3/c1-13-10-20(12-16(13)19(3)4)11-14(2)17(18)15-8-6-5-7-9-15/h5-9,13-14,16-17H,10-12,18H2,1-4H3. The summed E-state index contributed by atoms with van der Waals surface area (Å²) >= 11 is 0. The fourth-order valence-electron chi connectivity index (χ4n) is 3.39. The Labute approximate surface area is 123 Å². The van der Waals surface area contributed by atoms with Gasteiger partial charge in [-0.25, -0.2) is 0 Å². The molecule has 4 unspecified atom stereocenters. The van der Waals surface area contributed by atoms with E-state index in [1.807, 2.05) is 6.07 Å². The molecular formula is C17H29N3. The summed E-state index contributed by atoms with van der Waals surface area (Å²) in [6, 6.07) is 11.3. The second-order valence-corrected chi connectivity index (χ2v) is 6.64. The molecule has 0 spiro atoms. The smallest absolute Gasteiger partial charge is 0.0333 e. The van der Waals surface area contributed by atoms with E-state index in [-0.39, 0.29) is 6.04 Å². The maximum absolute atomic E-state index is 6.41. The number of nitrogens with zero attached hydrogens (tertiary/aromatic N) is 2. The molecule has 1 aromatic carbocycles. The van der Waals surface area contributed by atoms with Crippen molar-refractivity contribution in [1.29, 1.82) is 0 Å². The first-order valence-electron chi connectivity index (χ1n) is 7.68. The summed E-state index contributed by atoms with van der Waals surface area (Å²) in [5.41, 5.74) is 7.66. The van der Waals surface area contributed by atoms with E-state index in [0.29, 0.717) is 12.0 Å². The van der Waals surface area contributed by atoms with Crippen molar-refractivity contribution in [2.75, 3.05) is 33.7 Å². The van der Waals surface area contributed by atoms with Crippen LogP contribution in [0.15, 0.2) is 30.3 Å². The molecule has 20 heavy (non-hydrogen) atoms. The third-order valence-corrected chi connectivity index (χ3v) is 4.66. The van der Waals surface area contributed by atoms with Crippen LogP contribution >= 0.6 is 0 Å². The largest absolute Gasteiger partial charge is 0.324 e. The predicted molar refractivity (Wildman–Crippen MR) is 85.6 cm³/mol. The van der Waals surface area contributed by atoms with Gasteiger partial charge in [-0.15, -0.1) is 0 Å². The van der Waals surface area contributed by atoms with E-state index < -0.39 is 0 Å². The minimum atomic E-state index is 0.130. The van der Waals surface area contributed by atoms with Gasteiger partial charge in [0, 0.05) is 31.7 Å². The summed E-state index contributed by atoms with van der Waals surface area (Å²) in [5, 5.41) is 0. The van der Waals surface area contributed by atoms with Gasteiger partial charge < -0.3 is 15.5 Å². The summed E-state index contributed by atoms with van der Waals surface area (Å²) in [4.78, 5) is 4.93. The number of likely N-dealkylation sites (N-methyl/N-ethyl adjacent to an activating group) is 1. The third-order valence-electron chi connectivity index (χ3n) is 4.66. The van der Waals surface area contributed by atoms with Gasteiger partial charge in [0.25, 0.3) is 0 Å². The lowest BCUT2D eigenvalue weighted by molar-refractivity contribution is 0.232. The second kappa shape index (κ2) is 6.70. The van der Waals surface area contributed by atoms with E-state index in [2.05, 4.69) is 62.0 Å². The Morgan fingerprint density at radius 1 is 1.25 bits per heavy atom. The summed E-state index contributed by atoms with van der Waals surface area (Å²) in [5.74, 6) is 1.22. The van der Waals surface area contributed by atoms with Crippen LogP contribution in [0.5, 0.6) is 0 Å². The fraction of sp³-hybridized carbons (Fsp3) is 0.647. The van der Waals surface area contributed by atoms with E-state index in [9.17, 15) is 0 Å². The molecule has 1 fully saturated rings. The van der Waals surface area contributed by atoms with E-state index in [4.69, 9.17) is 5.73 Å². The van der Waals surface area contributed by atoms with Crippen LogP contribution < -0.4 is 5.73 Å². The van der Waals surface area contributed by atoms with E-state index in [1.165, 1.54) is 18.7 Å². The molecule has 0 aromatic heterocycles. The minimum Gasteiger partial charge on any atom is -0.324 e. The lowest BCUT2D eigenvalue weighted by Gasteiger charge is -2.26. The highest BCUT2D eigenvalue weighted by molar-refractivity contribution is 5.19. The SMILES string of the molecule is CC(CN1CC(C)C(N(C)C)C1)C(N)c1ccccc1. The van der Waals surface area contributed by atoms with Crippen LogP contribution in [-0.4, -0.2) is 49.6 Å². The zero-order valence-electron chi connectivity index (χ0n) is 13.3. The molecule has 112 valence electrons. The van der Waals surface area contributed by atoms with Crippen LogP contribution in [0.3, 0.4) is 0 Å². The first-order valence-corrected chi connectivity index (χ1v) is 7.68. The molecular weight excluding hydrogens is 246 g/mol. The second-order valence-electron chi connectivity index (χ2n) is 6.64. The molecule has 4 atom stereocenters. The molecule has 1 heterocycles. The zero-order valence-corrected chi connectivity index (χ0v) is 13.3. The Morgan fingerprint density at radius 3 is 2.45 bits per heavy atom. The van der Waals surface area contributed by atoms with Crippen molar-refractivity contribution < 1.29 is 0 Å². The van der Waals surface area contributed by atoms with Gasteiger partial charge in [0.05, 0.1) is 0 Å². The molecule has 0 bridgehead atoms. The summed E-state index contributed by atoms with van der Waals surface area (Å²) in [6.45, 7) is 8.07. The van der Waals surface area contributed by atoms with Crippen molar-refractivity contribution in [3.63, 3.8) is 0 Å². The summed E-state index contributed by atoms with van der Waals surface area (Å²) in [7, 11) is 4.37. The highest BCUT2D eigenvalue weighted by Crippen LogP contribution is 2.25. The number of hydrogen-bond acceptors (Lipinski definition) is 3. The molecule has 1 saturated heterocycles. The van der Waals surface area contributed by atoms with Gasteiger partial charge in [-0.05, 0) is 31.5 Å². The molecule has 1 aromatic rings. The highest BCUT2D eigenvalue weighted by Gasteiger charge is 2.32. The van der Waals surface area contributed by atoms with Crippen LogP contribution in [0.2, 0.25) is 0 Å². The van der Waals surface area contributed by atoms with Crippen LogP contribution in [0, 0.1) is 11.8 Å². The first kappa shape index (κ1) is 15.5. The summed E-state index contributed by atoms with van der Waals surface area (Å²) < 4.78 is 0. The maximum atomic E-state index is 6.41. The van der Waals surface area contributed by atoms with Gasteiger partial charge in [0.15, 0.2) is 0 Å². The van der Waals surface area contributed by atoms with Crippen LogP contribution in [0.1, 0.15) is 25.5 Å². The van der Waals surface area contributed by atoms with E-state index in [1.54, 1.807) is 0 Å². The minimum absolute atomic E-state index is 0.130. The van der Waals surface area contributed by atoms with Crippen LogP contribution in [0.25, 0.3) is 0 Å². The van der Waals surface area contributed by atoms with Crippen molar-refractivity contribution in [2.45, 2.75) is 25.9 Å². The number of benzene rings is 1. The number of hydrogen-bond donors (Lipinski definition) is 1. The molecule has 1 aliphatic rings. The molecule has 2 N–H and O–H groups in total. The van der Waals surface area contributed by atoms with Crippen molar-refractivity contribution in [3.8, 4) is 0 Å². The Hall–Kier alpha value is -0.900. The zero-order chi connectivity index (χ0) is 14.7. The molecule has 2 rings (SSSR count). The third kappa shape index (κ3) is 3.60. The van der Waals surface area contributed by atoms with Gasteiger partial charge in [0.2, 0.25) is 0 Å². The molecule has 3 nitrogen and oxygen atoms in total. The quantitative estimate of drug-likeness (QED) is 0.894. The van der Waals surface area contributed by atoms with Crippen LogP contribution in [0.4, 0.5) is 0 Å². The lowest BCUT2D eigenvalue weighted by atomic mass is 9.95. The average molecular weight is 275 g/mol. The predicted octanol–water partition coefficient (Wildman–Crippen LogP) is 2.20. The first-order chi connectivity index (χ1) is 9.49. The van der Waals surface area contributed by atoms with E-state index >= 15 is 0 Å². The van der Waals surface area contributed by atoms with E-state index in [0.717, 1.165) is 12.5 Å². The Kier molecular flexibility index (Phi) is 5.19. The molecule has 0 aliphatic carbocycles. The molecule has 0 radical (unpaired) electrons. The highest BCUT2D eigenvalue weighted by atomic mass is 15.2. The molecule has 0 amide bonds. The number of rotatable bonds is 5. The molecule has 1 aliphatic heterocycles. The average Bonchev–Trinajstić information content (AvgIpc) is 2.79. The number of likely N-dealkylation sites (tertiary alicyclic amines) is 1. The van der Waals surface area contributed by atoms with Gasteiger partial charge in [-0.1, -0.05) is 44.2 Å². The van der Waals surface area contributed by atoms with Crippen LogP contribution in [-0.2, 0) is 0 Å².